The van der Waals surface area contributed by atoms with Gasteiger partial charge in [0.1, 0.15) is 27.6 Å². The van der Waals surface area contributed by atoms with E-state index >= 15 is 0 Å². The molecule has 0 N–H and O–H groups in total. The summed E-state index contributed by atoms with van der Waals surface area (Å²) in [5, 5.41) is 0.241. The van der Waals surface area contributed by atoms with E-state index < -0.39 is 11.6 Å². The van der Waals surface area contributed by atoms with Gasteiger partial charge in [-0.25, -0.2) is 18.7 Å². The van der Waals surface area contributed by atoms with E-state index in [1.54, 1.807) is 6.92 Å². The molecule has 0 amide bonds. The second-order valence-corrected chi connectivity index (χ2v) is 4.96. The average molecular weight is 301 g/mol. The normalized spacial score (nSPS) is 10.5. The first kappa shape index (κ1) is 13.9. The number of aromatic nitrogens is 2. The van der Waals surface area contributed by atoms with Gasteiger partial charge in [-0.1, -0.05) is 23.4 Å². The first-order valence-electron chi connectivity index (χ1n) is 5.13. The monoisotopic (exact) mass is 300 g/mol. The first-order valence-corrected chi connectivity index (χ1v) is 6.33. The minimum absolute atomic E-state index is 0.00696. The molecule has 2 aromatic rings. The molecule has 7 heteroatoms. The molecule has 1 heterocycles. The highest BCUT2D eigenvalue weighted by Gasteiger charge is 2.14. The van der Waals surface area contributed by atoms with E-state index in [0.717, 1.165) is 23.9 Å². The third-order valence-corrected chi connectivity index (χ3v) is 3.54. The predicted molar refractivity (Wildman–Crippen MR) is 67.6 cm³/mol. The number of halogens is 3. The Balaban J connectivity index is 2.45. The van der Waals surface area contributed by atoms with E-state index in [1.165, 1.54) is 6.07 Å². The van der Waals surface area contributed by atoms with Gasteiger partial charge < -0.3 is 0 Å². The van der Waals surface area contributed by atoms with Gasteiger partial charge in [-0.2, -0.15) is 0 Å². The van der Waals surface area contributed by atoms with Gasteiger partial charge in [-0.15, -0.1) is 0 Å². The zero-order valence-electron chi connectivity index (χ0n) is 9.65. The number of benzene rings is 1. The zero-order valence-corrected chi connectivity index (χ0v) is 11.2. The van der Waals surface area contributed by atoms with Crippen LogP contribution in [0.25, 0.3) is 0 Å². The van der Waals surface area contributed by atoms with Crippen LogP contribution in [0.5, 0.6) is 0 Å². The molecule has 0 unspecified atom stereocenters. The summed E-state index contributed by atoms with van der Waals surface area (Å²) in [7, 11) is 0. The van der Waals surface area contributed by atoms with E-state index in [1.807, 2.05) is 0 Å². The molecule has 0 bridgehead atoms. The molecule has 0 aliphatic rings. The van der Waals surface area contributed by atoms with Crippen molar-refractivity contribution in [3.63, 3.8) is 0 Å². The van der Waals surface area contributed by atoms with Crippen LogP contribution < -0.4 is 0 Å². The van der Waals surface area contributed by atoms with Crippen molar-refractivity contribution < 1.29 is 13.6 Å². The van der Waals surface area contributed by atoms with Crippen molar-refractivity contribution in [3.05, 3.63) is 46.4 Å². The van der Waals surface area contributed by atoms with Crippen molar-refractivity contribution in [2.45, 2.75) is 16.8 Å². The van der Waals surface area contributed by atoms with Crippen LogP contribution in [0.1, 0.15) is 16.2 Å². The fourth-order valence-corrected chi connectivity index (χ4v) is 2.61. The summed E-state index contributed by atoms with van der Waals surface area (Å²) in [6.07, 6.45) is 0.505. The molecule has 19 heavy (non-hydrogen) atoms. The fraction of sp³-hybridized carbons (Fsp3) is 0.0833. The maximum Gasteiger partial charge on any atom is 0.155 e. The zero-order chi connectivity index (χ0) is 14.0. The van der Waals surface area contributed by atoms with E-state index in [-0.39, 0.29) is 20.6 Å². The van der Waals surface area contributed by atoms with Crippen LogP contribution in [0.4, 0.5) is 8.78 Å². The van der Waals surface area contributed by atoms with Gasteiger partial charge in [0.05, 0.1) is 5.56 Å². The Morgan fingerprint density at radius 2 is 2.05 bits per heavy atom. The molecule has 3 nitrogen and oxygen atoms in total. The molecule has 0 aliphatic heterocycles. The maximum absolute atomic E-state index is 13.5. The predicted octanol–water partition coefficient (Wildman–Crippen LogP) is 3.68. The number of aryl methyl sites for hydroxylation is 1. The lowest BCUT2D eigenvalue weighted by Crippen LogP contribution is -1.98. The third kappa shape index (κ3) is 3.08. The molecule has 0 saturated heterocycles. The molecular weight excluding hydrogens is 294 g/mol. The SMILES string of the molecule is Cc1nc(Cl)c(C=O)c(Sc2ccc(F)cc2F)n1. The molecule has 0 spiro atoms. The Labute approximate surface area is 117 Å². The van der Waals surface area contributed by atoms with Crippen molar-refractivity contribution in [2.75, 3.05) is 0 Å². The van der Waals surface area contributed by atoms with Crippen molar-refractivity contribution in [1.29, 1.82) is 0 Å². The molecule has 1 aromatic heterocycles. The standard InChI is InChI=1S/C12H7ClF2N2OS/c1-6-16-11(13)8(5-18)12(17-6)19-10-3-2-7(14)4-9(10)15/h2-5H,1H3. The molecule has 1 aromatic carbocycles. The highest BCUT2D eigenvalue weighted by Crippen LogP contribution is 2.32. The maximum atomic E-state index is 13.5. The molecule has 0 aliphatic carbocycles. The molecule has 2 rings (SSSR count). The van der Waals surface area contributed by atoms with E-state index in [4.69, 9.17) is 11.6 Å². The molecule has 0 radical (unpaired) electrons. The highest BCUT2D eigenvalue weighted by atomic mass is 35.5. The summed E-state index contributed by atoms with van der Waals surface area (Å²) < 4.78 is 26.4. The number of aldehydes is 1. The molecular formula is C12H7ClF2N2OS. The molecule has 0 fully saturated rings. The molecule has 98 valence electrons. The first-order chi connectivity index (χ1) is 9.01. The quantitative estimate of drug-likeness (QED) is 0.640. The number of nitrogens with zero attached hydrogens (tertiary/aromatic N) is 2. The van der Waals surface area contributed by atoms with Gasteiger partial charge in [0.15, 0.2) is 6.29 Å². The summed E-state index contributed by atoms with van der Waals surface area (Å²) in [4.78, 5) is 19.0. The average Bonchev–Trinajstić information content (AvgIpc) is 2.32. The van der Waals surface area contributed by atoms with E-state index in [2.05, 4.69) is 9.97 Å². The number of carbonyl (C=O) groups excluding carboxylic acids is 1. The molecule has 0 saturated carbocycles. The Kier molecular flexibility index (Phi) is 4.11. The summed E-state index contributed by atoms with van der Waals surface area (Å²) >= 11 is 6.71. The number of rotatable bonds is 3. The Hall–Kier alpha value is -1.53. The second-order valence-electron chi connectivity index (χ2n) is 3.58. The van der Waals surface area contributed by atoms with Crippen LogP contribution in [0, 0.1) is 18.6 Å². The summed E-state index contributed by atoms with van der Waals surface area (Å²) in [5.74, 6) is -1.04. The van der Waals surface area contributed by atoms with Crippen LogP contribution in [0.15, 0.2) is 28.1 Å². The highest BCUT2D eigenvalue weighted by molar-refractivity contribution is 7.99. The minimum atomic E-state index is -0.728. The Morgan fingerprint density at radius 1 is 1.32 bits per heavy atom. The van der Waals surface area contributed by atoms with Crippen molar-refractivity contribution in [3.8, 4) is 0 Å². The lowest BCUT2D eigenvalue weighted by atomic mass is 10.3. The van der Waals surface area contributed by atoms with Gasteiger partial charge >= 0.3 is 0 Å². The van der Waals surface area contributed by atoms with Gasteiger partial charge in [0, 0.05) is 11.0 Å². The lowest BCUT2D eigenvalue weighted by molar-refractivity contribution is 0.112. The summed E-state index contributed by atoms with van der Waals surface area (Å²) in [6.45, 7) is 1.60. The number of hydrogen-bond acceptors (Lipinski definition) is 4. The van der Waals surface area contributed by atoms with Crippen molar-refractivity contribution in [1.82, 2.24) is 9.97 Å². The fourth-order valence-electron chi connectivity index (χ4n) is 1.36. The Bertz CT molecular complexity index is 652. The second kappa shape index (κ2) is 5.63. The number of hydrogen-bond donors (Lipinski definition) is 0. The largest absolute Gasteiger partial charge is 0.298 e. The van der Waals surface area contributed by atoms with Crippen molar-refractivity contribution in [2.24, 2.45) is 0 Å². The van der Waals surface area contributed by atoms with Gasteiger partial charge in [0.25, 0.3) is 0 Å². The third-order valence-electron chi connectivity index (χ3n) is 2.19. The van der Waals surface area contributed by atoms with Crippen LogP contribution in [-0.4, -0.2) is 16.3 Å². The van der Waals surface area contributed by atoms with Crippen LogP contribution in [0.3, 0.4) is 0 Å². The molecule has 0 atom stereocenters. The topological polar surface area (TPSA) is 42.9 Å². The smallest absolute Gasteiger partial charge is 0.155 e. The minimum Gasteiger partial charge on any atom is -0.298 e. The van der Waals surface area contributed by atoms with Crippen LogP contribution in [-0.2, 0) is 0 Å². The number of carbonyl (C=O) groups is 1. The summed E-state index contributed by atoms with van der Waals surface area (Å²) in [5.41, 5.74) is 0.0843. The van der Waals surface area contributed by atoms with Crippen LogP contribution >= 0.6 is 23.4 Å². The van der Waals surface area contributed by atoms with Gasteiger partial charge in [-0.05, 0) is 19.1 Å². The van der Waals surface area contributed by atoms with E-state index in [9.17, 15) is 13.6 Å². The van der Waals surface area contributed by atoms with Gasteiger partial charge in [-0.3, -0.25) is 4.79 Å². The Morgan fingerprint density at radius 3 is 2.68 bits per heavy atom. The summed E-state index contributed by atoms with van der Waals surface area (Å²) in [6, 6.07) is 3.16. The van der Waals surface area contributed by atoms with Crippen molar-refractivity contribution >= 4 is 29.6 Å². The van der Waals surface area contributed by atoms with E-state index in [0.29, 0.717) is 12.1 Å². The lowest BCUT2D eigenvalue weighted by Gasteiger charge is -2.07. The van der Waals surface area contributed by atoms with Gasteiger partial charge in [0.2, 0.25) is 0 Å². The van der Waals surface area contributed by atoms with Crippen LogP contribution in [0.2, 0.25) is 5.15 Å².